The monoisotopic (exact) mass is 286 g/mol. The average Bonchev–Trinajstić information content (AvgIpc) is 2.74. The van der Waals surface area contributed by atoms with Crippen LogP contribution in [-0.2, 0) is 6.42 Å². The molecule has 3 rings (SSSR count). The molecule has 2 aromatic rings. The van der Waals surface area contributed by atoms with Crippen LogP contribution >= 0.6 is 0 Å². The maximum Gasteiger partial charge on any atom is 0.108 e. The van der Waals surface area contributed by atoms with Gasteiger partial charge >= 0.3 is 0 Å². The van der Waals surface area contributed by atoms with Crippen LogP contribution < -0.4 is 5.73 Å². The number of nitrogens with zero attached hydrogens (tertiary/aromatic N) is 2. The minimum absolute atomic E-state index is 0.506. The number of aromatic nitrogens is 2. The molecule has 0 spiro atoms. The molecule has 0 radical (unpaired) electrons. The number of H-pyrrole nitrogens is 1. The van der Waals surface area contributed by atoms with Crippen molar-refractivity contribution in [2.45, 2.75) is 39.5 Å². The van der Waals surface area contributed by atoms with E-state index in [1.165, 1.54) is 32.4 Å². The van der Waals surface area contributed by atoms with Gasteiger partial charge in [0.25, 0.3) is 0 Å². The van der Waals surface area contributed by atoms with Gasteiger partial charge in [-0.05, 0) is 56.0 Å². The van der Waals surface area contributed by atoms with Crippen molar-refractivity contribution in [3.05, 3.63) is 24.0 Å². The first kappa shape index (κ1) is 14.4. The van der Waals surface area contributed by atoms with Crippen LogP contribution in [0, 0.1) is 5.41 Å². The zero-order chi connectivity index (χ0) is 14.9. The molecule has 0 bridgehead atoms. The highest BCUT2D eigenvalue weighted by molar-refractivity contribution is 5.78. The van der Waals surface area contributed by atoms with E-state index in [0.29, 0.717) is 5.41 Å². The van der Waals surface area contributed by atoms with Gasteiger partial charge in [-0.1, -0.05) is 13.8 Å². The van der Waals surface area contributed by atoms with Gasteiger partial charge < -0.3 is 15.6 Å². The number of nitrogens with one attached hydrogen (secondary N) is 1. The summed E-state index contributed by atoms with van der Waals surface area (Å²) in [4.78, 5) is 10.6. The topological polar surface area (TPSA) is 57.9 Å². The number of hydrogen-bond acceptors (Lipinski definition) is 3. The predicted octanol–water partition coefficient (Wildman–Crippen LogP) is 3.20. The number of aromatic amines is 1. The number of hydrogen-bond donors (Lipinski definition) is 2. The molecular weight excluding hydrogens is 260 g/mol. The van der Waals surface area contributed by atoms with Gasteiger partial charge in [0.2, 0.25) is 0 Å². The Morgan fingerprint density at radius 3 is 3.00 bits per heavy atom. The molecule has 21 heavy (non-hydrogen) atoms. The Balaban J connectivity index is 1.61. The summed E-state index contributed by atoms with van der Waals surface area (Å²) in [5, 5.41) is 0. The van der Waals surface area contributed by atoms with Gasteiger partial charge in [0.05, 0.1) is 11.0 Å². The molecule has 3 N–H and O–H groups in total. The molecule has 0 unspecified atom stereocenters. The zero-order valence-corrected chi connectivity index (χ0v) is 13.2. The van der Waals surface area contributed by atoms with E-state index in [-0.39, 0.29) is 0 Å². The highest BCUT2D eigenvalue weighted by Crippen LogP contribution is 2.29. The summed E-state index contributed by atoms with van der Waals surface area (Å²) in [7, 11) is 0. The highest BCUT2D eigenvalue weighted by atomic mass is 15.1. The van der Waals surface area contributed by atoms with Gasteiger partial charge in [-0.15, -0.1) is 0 Å². The molecule has 1 aromatic carbocycles. The van der Waals surface area contributed by atoms with E-state index in [1.54, 1.807) is 0 Å². The summed E-state index contributed by atoms with van der Waals surface area (Å²) in [6, 6.07) is 5.85. The summed E-state index contributed by atoms with van der Waals surface area (Å²) >= 11 is 0. The minimum Gasteiger partial charge on any atom is -0.399 e. The fourth-order valence-electron chi connectivity index (χ4n) is 3.16. The Morgan fingerprint density at radius 1 is 1.29 bits per heavy atom. The van der Waals surface area contributed by atoms with Crippen LogP contribution in [0.15, 0.2) is 18.2 Å². The first-order valence-electron chi connectivity index (χ1n) is 7.98. The second kappa shape index (κ2) is 5.68. The first-order valence-corrected chi connectivity index (χ1v) is 7.98. The van der Waals surface area contributed by atoms with E-state index in [4.69, 9.17) is 5.73 Å². The smallest absolute Gasteiger partial charge is 0.108 e. The van der Waals surface area contributed by atoms with Crippen molar-refractivity contribution in [1.82, 2.24) is 14.9 Å². The van der Waals surface area contributed by atoms with E-state index in [0.717, 1.165) is 35.5 Å². The number of likely N-dealkylation sites (tertiary alicyclic amines) is 1. The average molecular weight is 286 g/mol. The minimum atomic E-state index is 0.506. The highest BCUT2D eigenvalue weighted by Gasteiger charge is 2.22. The van der Waals surface area contributed by atoms with Crippen molar-refractivity contribution in [2.75, 3.05) is 25.4 Å². The Morgan fingerprint density at radius 2 is 2.14 bits per heavy atom. The molecule has 1 saturated heterocycles. The van der Waals surface area contributed by atoms with Gasteiger partial charge in [0, 0.05) is 18.7 Å². The number of fused-ring (bicyclic) bond motifs is 1. The molecule has 114 valence electrons. The van der Waals surface area contributed by atoms with E-state index in [1.807, 2.05) is 18.2 Å². The van der Waals surface area contributed by atoms with E-state index >= 15 is 0 Å². The van der Waals surface area contributed by atoms with Crippen LogP contribution in [0.1, 0.15) is 38.9 Å². The lowest BCUT2D eigenvalue weighted by Gasteiger charge is -2.23. The molecule has 0 aliphatic carbocycles. The lowest BCUT2D eigenvalue weighted by molar-refractivity contribution is 0.264. The van der Waals surface area contributed by atoms with Gasteiger partial charge in [0.1, 0.15) is 5.82 Å². The number of nitrogen functional groups attached to an aromatic ring is 1. The van der Waals surface area contributed by atoms with Crippen LogP contribution in [-0.4, -0.2) is 34.5 Å². The fourth-order valence-corrected chi connectivity index (χ4v) is 3.16. The molecule has 1 aliphatic heterocycles. The van der Waals surface area contributed by atoms with Crippen molar-refractivity contribution in [3.63, 3.8) is 0 Å². The van der Waals surface area contributed by atoms with Gasteiger partial charge in [-0.2, -0.15) is 0 Å². The molecule has 2 heterocycles. The molecule has 4 nitrogen and oxygen atoms in total. The Bertz CT molecular complexity index is 614. The van der Waals surface area contributed by atoms with Gasteiger partial charge in [-0.25, -0.2) is 4.98 Å². The Hall–Kier alpha value is -1.55. The molecule has 1 fully saturated rings. The molecule has 0 atom stereocenters. The molecule has 0 amide bonds. The summed E-state index contributed by atoms with van der Waals surface area (Å²) in [5.74, 6) is 1.07. The van der Waals surface area contributed by atoms with Gasteiger partial charge in [0.15, 0.2) is 0 Å². The zero-order valence-electron chi connectivity index (χ0n) is 13.2. The maximum absolute atomic E-state index is 5.81. The Kier molecular flexibility index (Phi) is 3.89. The fraction of sp³-hybridized carbons (Fsp3) is 0.588. The molecule has 0 saturated carbocycles. The lowest BCUT2D eigenvalue weighted by Crippen LogP contribution is -2.28. The normalized spacial score (nSPS) is 19.7. The number of nitrogens with two attached hydrogens (primary N) is 1. The predicted molar refractivity (Wildman–Crippen MR) is 88.3 cm³/mol. The van der Waals surface area contributed by atoms with Crippen LogP contribution in [0.3, 0.4) is 0 Å². The van der Waals surface area contributed by atoms with Crippen molar-refractivity contribution < 1.29 is 0 Å². The Labute approximate surface area is 126 Å². The van der Waals surface area contributed by atoms with Crippen molar-refractivity contribution in [3.8, 4) is 0 Å². The summed E-state index contributed by atoms with van der Waals surface area (Å²) < 4.78 is 0. The summed E-state index contributed by atoms with van der Waals surface area (Å²) in [5.41, 5.74) is 9.15. The standard InChI is InChI=1S/C17H26N4/c1-17(2)7-3-9-21(11-8-17)10-6-16-19-14-5-4-13(18)12-15(14)20-16/h4-5,12H,3,6-11,18H2,1-2H3,(H,19,20). The molecule has 4 heteroatoms. The summed E-state index contributed by atoms with van der Waals surface area (Å²) in [6.07, 6.45) is 4.93. The number of benzene rings is 1. The van der Waals surface area contributed by atoms with Crippen LogP contribution in [0.25, 0.3) is 11.0 Å². The number of anilines is 1. The SMILES string of the molecule is CC1(C)CCCN(CCc2nc3ccc(N)cc3[nH]2)CC1. The lowest BCUT2D eigenvalue weighted by atomic mass is 9.85. The van der Waals surface area contributed by atoms with Gasteiger partial charge in [-0.3, -0.25) is 0 Å². The third-order valence-corrected chi connectivity index (χ3v) is 4.65. The molecular formula is C17H26N4. The van der Waals surface area contributed by atoms with Crippen LogP contribution in [0.5, 0.6) is 0 Å². The quantitative estimate of drug-likeness (QED) is 0.852. The largest absolute Gasteiger partial charge is 0.399 e. The van der Waals surface area contributed by atoms with Crippen LogP contribution in [0.2, 0.25) is 0 Å². The second-order valence-corrected chi connectivity index (χ2v) is 7.07. The van der Waals surface area contributed by atoms with Crippen LogP contribution in [0.4, 0.5) is 5.69 Å². The van der Waals surface area contributed by atoms with Crippen molar-refractivity contribution >= 4 is 16.7 Å². The third kappa shape index (κ3) is 3.56. The van der Waals surface area contributed by atoms with E-state index in [9.17, 15) is 0 Å². The molecule has 1 aromatic heterocycles. The summed E-state index contributed by atoms with van der Waals surface area (Å²) in [6.45, 7) is 8.29. The third-order valence-electron chi connectivity index (χ3n) is 4.65. The molecule has 1 aliphatic rings. The second-order valence-electron chi connectivity index (χ2n) is 7.07. The number of rotatable bonds is 3. The van der Waals surface area contributed by atoms with Crippen molar-refractivity contribution in [2.24, 2.45) is 5.41 Å². The maximum atomic E-state index is 5.81. The first-order chi connectivity index (χ1) is 10.0. The van der Waals surface area contributed by atoms with E-state index in [2.05, 4.69) is 28.7 Å². The van der Waals surface area contributed by atoms with E-state index < -0.39 is 0 Å². The number of imidazole rings is 1. The van der Waals surface area contributed by atoms with Crippen molar-refractivity contribution in [1.29, 1.82) is 0 Å².